The standard InChI is InChI=1S/C25H25ClF3N3O2.CH3F/c1-15(32-24(33)25(2,3)34-22-9-6-17(13-31-22)23(28)29)21(18-11-19(26)14-30-12-18)10-16-4-7-20(27)8-5-16;1-2/h4-9,11-15,21,23H,10H2,1-3H3,(H,32,33);1H3. The predicted molar refractivity (Wildman–Crippen MR) is 131 cm³/mol. The van der Waals surface area contributed by atoms with E-state index in [-0.39, 0.29) is 29.2 Å². The average Bonchev–Trinajstić information content (AvgIpc) is 2.85. The predicted octanol–water partition coefficient (Wildman–Crippen LogP) is 6.48. The van der Waals surface area contributed by atoms with Crippen molar-refractivity contribution in [2.75, 3.05) is 7.18 Å². The molecule has 0 radical (unpaired) electrons. The van der Waals surface area contributed by atoms with Crippen LogP contribution in [0.2, 0.25) is 5.02 Å². The Labute approximate surface area is 212 Å². The van der Waals surface area contributed by atoms with Crippen LogP contribution < -0.4 is 10.1 Å². The Kier molecular flexibility index (Phi) is 10.6. The van der Waals surface area contributed by atoms with Gasteiger partial charge < -0.3 is 10.1 Å². The summed E-state index contributed by atoms with van der Waals surface area (Å²) in [6.07, 6.45) is 2.08. The largest absolute Gasteiger partial charge is 0.462 e. The molecule has 0 spiro atoms. The Morgan fingerprint density at radius 1 is 1.06 bits per heavy atom. The van der Waals surface area contributed by atoms with Crippen molar-refractivity contribution in [3.63, 3.8) is 0 Å². The Morgan fingerprint density at radius 2 is 1.72 bits per heavy atom. The molecule has 1 N–H and O–H groups in total. The molecule has 2 atom stereocenters. The third-order valence-corrected chi connectivity index (χ3v) is 5.61. The molecule has 0 aliphatic heterocycles. The van der Waals surface area contributed by atoms with E-state index in [0.29, 0.717) is 18.6 Å². The van der Waals surface area contributed by atoms with Crippen molar-refractivity contribution in [1.82, 2.24) is 15.3 Å². The topological polar surface area (TPSA) is 64.1 Å². The van der Waals surface area contributed by atoms with Gasteiger partial charge in [0.25, 0.3) is 12.3 Å². The number of rotatable bonds is 9. The summed E-state index contributed by atoms with van der Waals surface area (Å²) in [5.41, 5.74) is 0.126. The highest BCUT2D eigenvalue weighted by Crippen LogP contribution is 2.27. The molecule has 1 amide bonds. The van der Waals surface area contributed by atoms with Crippen molar-refractivity contribution in [2.24, 2.45) is 0 Å². The van der Waals surface area contributed by atoms with E-state index < -0.39 is 17.9 Å². The van der Waals surface area contributed by atoms with Crippen LogP contribution in [-0.2, 0) is 11.2 Å². The molecule has 0 saturated heterocycles. The van der Waals surface area contributed by atoms with Crippen LogP contribution in [0, 0.1) is 5.82 Å². The van der Waals surface area contributed by atoms with Crippen molar-refractivity contribution in [2.45, 2.75) is 51.2 Å². The quantitative estimate of drug-likeness (QED) is 0.325. The van der Waals surface area contributed by atoms with Crippen molar-refractivity contribution in [3.8, 4) is 5.88 Å². The fourth-order valence-electron chi connectivity index (χ4n) is 3.46. The molecule has 2 aromatic heterocycles. The van der Waals surface area contributed by atoms with E-state index in [1.165, 1.54) is 30.5 Å². The first-order valence-electron chi connectivity index (χ1n) is 11.0. The molecule has 1 aromatic carbocycles. The summed E-state index contributed by atoms with van der Waals surface area (Å²) in [4.78, 5) is 21.1. The molecule has 0 bridgehead atoms. The minimum atomic E-state index is -2.64. The van der Waals surface area contributed by atoms with Crippen LogP contribution in [0.5, 0.6) is 5.88 Å². The van der Waals surface area contributed by atoms with Gasteiger partial charge in [-0.05, 0) is 62.6 Å². The van der Waals surface area contributed by atoms with E-state index in [1.807, 2.05) is 6.92 Å². The first-order valence-corrected chi connectivity index (χ1v) is 11.4. The molecule has 2 heterocycles. The lowest BCUT2D eigenvalue weighted by Gasteiger charge is -2.30. The zero-order valence-corrected chi connectivity index (χ0v) is 21.1. The van der Waals surface area contributed by atoms with Crippen LogP contribution in [0.25, 0.3) is 0 Å². The fourth-order valence-corrected chi connectivity index (χ4v) is 3.64. The number of carbonyl (C=O) groups is 1. The van der Waals surface area contributed by atoms with Gasteiger partial charge in [-0.2, -0.15) is 0 Å². The van der Waals surface area contributed by atoms with Crippen molar-refractivity contribution >= 4 is 17.5 Å². The number of benzene rings is 1. The highest BCUT2D eigenvalue weighted by Gasteiger charge is 2.33. The fraction of sp³-hybridized carbons (Fsp3) is 0.346. The van der Waals surface area contributed by atoms with Crippen LogP contribution in [0.4, 0.5) is 17.6 Å². The van der Waals surface area contributed by atoms with Gasteiger partial charge >= 0.3 is 0 Å². The number of nitrogens with zero attached hydrogens (tertiary/aromatic N) is 2. The van der Waals surface area contributed by atoms with Gasteiger partial charge in [-0.25, -0.2) is 18.2 Å². The van der Waals surface area contributed by atoms with Gasteiger partial charge in [-0.15, -0.1) is 0 Å². The zero-order chi connectivity index (χ0) is 26.9. The lowest BCUT2D eigenvalue weighted by atomic mass is 9.87. The molecule has 36 heavy (non-hydrogen) atoms. The van der Waals surface area contributed by atoms with E-state index in [0.717, 1.165) is 17.3 Å². The highest BCUT2D eigenvalue weighted by molar-refractivity contribution is 6.30. The zero-order valence-electron chi connectivity index (χ0n) is 20.3. The second kappa shape index (κ2) is 13.2. The molecule has 0 saturated carbocycles. The summed E-state index contributed by atoms with van der Waals surface area (Å²) >= 11 is 6.14. The maximum Gasteiger partial charge on any atom is 0.265 e. The smallest absolute Gasteiger partial charge is 0.265 e. The lowest BCUT2D eigenvalue weighted by molar-refractivity contribution is -0.135. The number of nitrogens with one attached hydrogen (secondary N) is 1. The van der Waals surface area contributed by atoms with Gasteiger partial charge in [0.15, 0.2) is 5.60 Å². The Bertz CT molecular complexity index is 1110. The third-order valence-electron chi connectivity index (χ3n) is 5.40. The monoisotopic (exact) mass is 525 g/mol. The van der Waals surface area contributed by atoms with Crippen molar-refractivity contribution < 1.29 is 27.1 Å². The van der Waals surface area contributed by atoms with E-state index in [9.17, 15) is 22.4 Å². The van der Waals surface area contributed by atoms with Crippen LogP contribution >= 0.6 is 11.6 Å². The van der Waals surface area contributed by atoms with Gasteiger partial charge in [0.1, 0.15) is 5.82 Å². The van der Waals surface area contributed by atoms with Gasteiger partial charge in [-0.1, -0.05) is 23.7 Å². The summed E-state index contributed by atoms with van der Waals surface area (Å²) in [6.45, 7) is 4.97. The van der Waals surface area contributed by atoms with Gasteiger partial charge in [0.2, 0.25) is 5.88 Å². The summed E-state index contributed by atoms with van der Waals surface area (Å²) < 4.78 is 54.1. The number of pyridine rings is 2. The number of amides is 1. The van der Waals surface area contributed by atoms with Gasteiger partial charge in [-0.3, -0.25) is 14.2 Å². The average molecular weight is 526 g/mol. The second-order valence-corrected chi connectivity index (χ2v) is 8.91. The summed E-state index contributed by atoms with van der Waals surface area (Å²) in [5, 5.41) is 3.42. The number of aromatic nitrogens is 2. The highest BCUT2D eigenvalue weighted by atomic mass is 35.5. The molecule has 5 nitrogen and oxygen atoms in total. The molecule has 0 aliphatic carbocycles. The van der Waals surface area contributed by atoms with E-state index in [2.05, 4.69) is 15.3 Å². The Hall–Kier alpha value is -3.20. The molecule has 2 unspecified atom stereocenters. The summed E-state index contributed by atoms with van der Waals surface area (Å²) in [7, 11) is 0.500. The van der Waals surface area contributed by atoms with Crippen molar-refractivity contribution in [1.29, 1.82) is 0 Å². The minimum absolute atomic E-state index is 0.0547. The van der Waals surface area contributed by atoms with E-state index >= 15 is 0 Å². The van der Waals surface area contributed by atoms with Crippen LogP contribution in [0.15, 0.2) is 61.1 Å². The first kappa shape index (κ1) is 29.0. The van der Waals surface area contributed by atoms with Gasteiger partial charge in [0, 0.05) is 42.2 Å². The first-order chi connectivity index (χ1) is 17.0. The Morgan fingerprint density at radius 3 is 2.28 bits per heavy atom. The van der Waals surface area contributed by atoms with Gasteiger partial charge in [0.05, 0.1) is 12.2 Å². The SMILES string of the molecule is CC(NC(=O)C(C)(C)Oc1ccc(C(F)F)cn1)C(Cc1ccc(F)cc1)c1cncc(Cl)c1.CF. The van der Waals surface area contributed by atoms with Crippen LogP contribution in [0.1, 0.15) is 49.8 Å². The van der Waals surface area contributed by atoms with Crippen LogP contribution in [0.3, 0.4) is 0 Å². The number of alkyl halides is 3. The normalized spacial score (nSPS) is 12.8. The maximum atomic E-state index is 13.4. The minimum Gasteiger partial charge on any atom is -0.462 e. The third kappa shape index (κ3) is 8.19. The molecule has 0 aliphatic rings. The molecule has 194 valence electrons. The number of hydrogen-bond donors (Lipinski definition) is 1. The van der Waals surface area contributed by atoms with Crippen molar-refractivity contribution in [3.05, 3.63) is 88.6 Å². The van der Waals surface area contributed by atoms with E-state index in [4.69, 9.17) is 16.3 Å². The lowest BCUT2D eigenvalue weighted by Crippen LogP contribution is -2.51. The molecular weight excluding hydrogens is 498 g/mol. The number of halogens is 5. The number of carbonyl (C=O) groups excluding carboxylic acids is 1. The Balaban J connectivity index is 0.00000222. The molecule has 3 rings (SSSR count). The van der Waals surface area contributed by atoms with Crippen LogP contribution in [-0.4, -0.2) is 34.7 Å². The second-order valence-electron chi connectivity index (χ2n) is 8.48. The number of ether oxygens (including phenoxy) is 1. The molecular formula is C26H28ClF4N3O2. The molecule has 0 fully saturated rings. The van der Waals surface area contributed by atoms with E-state index in [1.54, 1.807) is 38.2 Å². The molecule has 3 aromatic rings. The maximum absolute atomic E-state index is 13.4. The number of hydrogen-bond acceptors (Lipinski definition) is 4. The summed E-state index contributed by atoms with van der Waals surface area (Å²) in [5.74, 6) is -0.919. The molecule has 10 heteroatoms. The summed E-state index contributed by atoms with van der Waals surface area (Å²) in [6, 6.07) is 10.1.